The Bertz CT molecular complexity index is 511. The fourth-order valence-corrected chi connectivity index (χ4v) is 2.40. The Morgan fingerprint density at radius 1 is 1.42 bits per heavy atom. The van der Waals surface area contributed by atoms with E-state index in [-0.39, 0.29) is 0 Å². The lowest BCUT2D eigenvalue weighted by atomic mass is 9.67. The van der Waals surface area contributed by atoms with Crippen LogP contribution in [0.5, 0.6) is 0 Å². The molecule has 0 saturated heterocycles. The van der Waals surface area contributed by atoms with Gasteiger partial charge in [0.1, 0.15) is 11.2 Å². The van der Waals surface area contributed by atoms with Crippen LogP contribution in [0.4, 0.5) is 10.1 Å². The first-order chi connectivity index (χ1) is 9.01. The van der Waals surface area contributed by atoms with E-state index in [0.717, 1.165) is 6.42 Å². The van der Waals surface area contributed by atoms with E-state index in [1.54, 1.807) is 13.0 Å². The van der Waals surface area contributed by atoms with Crippen molar-refractivity contribution in [2.45, 2.75) is 26.2 Å². The van der Waals surface area contributed by atoms with Gasteiger partial charge in [-0.2, -0.15) is 0 Å². The van der Waals surface area contributed by atoms with Gasteiger partial charge < -0.3 is 10.0 Å². The summed E-state index contributed by atoms with van der Waals surface area (Å²) in [5, 5.41) is 9.28. The molecule has 1 aliphatic carbocycles. The van der Waals surface area contributed by atoms with E-state index in [1.807, 2.05) is 0 Å². The molecule has 102 valence electrons. The van der Waals surface area contributed by atoms with Crippen LogP contribution < -0.4 is 4.90 Å². The summed E-state index contributed by atoms with van der Waals surface area (Å²) in [5.41, 5.74) is -0.914. The van der Waals surface area contributed by atoms with E-state index >= 15 is 0 Å². The molecule has 2 rings (SSSR count). The normalized spacial score (nSPS) is 16.5. The van der Waals surface area contributed by atoms with Gasteiger partial charge in [-0.15, -0.1) is 0 Å². The number of hydrogen-bond acceptors (Lipinski definition) is 2. The van der Waals surface area contributed by atoms with Crippen LogP contribution in [-0.4, -0.2) is 23.5 Å². The number of carbonyl (C=O) groups is 2. The first kappa shape index (κ1) is 13.5. The molecule has 0 aliphatic heterocycles. The Kier molecular flexibility index (Phi) is 3.55. The number of aliphatic carboxylic acids is 1. The van der Waals surface area contributed by atoms with Gasteiger partial charge in [0.05, 0.1) is 0 Å². The molecule has 5 heteroatoms. The minimum atomic E-state index is -1.32. The third-order valence-corrected chi connectivity index (χ3v) is 3.71. The highest BCUT2D eigenvalue weighted by Crippen LogP contribution is 2.43. The zero-order valence-corrected chi connectivity index (χ0v) is 10.7. The lowest BCUT2D eigenvalue weighted by Gasteiger charge is -2.39. The smallest absolute Gasteiger partial charge is 0.319 e. The van der Waals surface area contributed by atoms with Gasteiger partial charge in [-0.25, -0.2) is 4.39 Å². The zero-order chi connectivity index (χ0) is 14.0. The van der Waals surface area contributed by atoms with Crippen LogP contribution in [0.2, 0.25) is 0 Å². The summed E-state index contributed by atoms with van der Waals surface area (Å²) in [6.07, 6.45) is 1.44. The van der Waals surface area contributed by atoms with E-state index in [0.29, 0.717) is 25.1 Å². The molecular weight excluding hydrogens is 249 g/mol. The monoisotopic (exact) mass is 265 g/mol. The van der Waals surface area contributed by atoms with Crippen LogP contribution >= 0.6 is 0 Å². The molecule has 0 heterocycles. The first-order valence-electron chi connectivity index (χ1n) is 6.32. The van der Waals surface area contributed by atoms with Crippen LogP contribution in [-0.2, 0) is 9.59 Å². The number of carboxylic acids is 1. The molecule has 1 saturated carbocycles. The van der Waals surface area contributed by atoms with Gasteiger partial charge in [-0.05, 0) is 38.0 Å². The quantitative estimate of drug-likeness (QED) is 0.851. The van der Waals surface area contributed by atoms with Crippen molar-refractivity contribution in [1.82, 2.24) is 0 Å². The van der Waals surface area contributed by atoms with Crippen molar-refractivity contribution in [3.8, 4) is 0 Å². The van der Waals surface area contributed by atoms with Crippen molar-refractivity contribution < 1.29 is 19.1 Å². The van der Waals surface area contributed by atoms with Crippen molar-refractivity contribution in [3.05, 3.63) is 30.1 Å². The molecular formula is C14H16FNO3. The second-order valence-corrected chi connectivity index (χ2v) is 4.77. The summed E-state index contributed by atoms with van der Waals surface area (Å²) in [5.74, 6) is -1.97. The van der Waals surface area contributed by atoms with Crippen LogP contribution in [0, 0.1) is 11.2 Å². The maximum atomic E-state index is 13.2. The molecule has 0 aromatic heterocycles. The molecule has 1 aliphatic rings. The third-order valence-electron chi connectivity index (χ3n) is 3.71. The Morgan fingerprint density at radius 3 is 2.53 bits per heavy atom. The van der Waals surface area contributed by atoms with Crippen molar-refractivity contribution in [2.24, 2.45) is 5.41 Å². The Labute approximate surface area is 110 Å². The maximum Gasteiger partial charge on any atom is 0.319 e. The van der Waals surface area contributed by atoms with Gasteiger partial charge in [-0.3, -0.25) is 9.59 Å². The number of carbonyl (C=O) groups excluding carboxylic acids is 1. The molecule has 0 spiro atoms. The fraction of sp³-hybridized carbons (Fsp3) is 0.429. The molecule has 0 radical (unpaired) electrons. The van der Waals surface area contributed by atoms with E-state index in [1.165, 1.54) is 23.1 Å². The highest BCUT2D eigenvalue weighted by molar-refractivity contribution is 6.10. The van der Waals surface area contributed by atoms with Gasteiger partial charge in [0.25, 0.3) is 0 Å². The van der Waals surface area contributed by atoms with E-state index < -0.39 is 23.1 Å². The lowest BCUT2D eigenvalue weighted by Crippen LogP contribution is -2.52. The van der Waals surface area contributed by atoms with Gasteiger partial charge in [0, 0.05) is 12.2 Å². The summed E-state index contributed by atoms with van der Waals surface area (Å²) in [6, 6.07) is 5.65. The molecule has 1 amide bonds. The number of amides is 1. The second kappa shape index (κ2) is 4.99. The minimum absolute atomic E-state index is 0.317. The van der Waals surface area contributed by atoms with Crippen molar-refractivity contribution in [1.29, 1.82) is 0 Å². The standard InChI is InChI=1S/C14H16FNO3/c1-2-16(11-6-3-5-10(15)9-11)12(17)14(13(18)19)7-4-8-14/h3,5-6,9H,2,4,7-8H2,1H3,(H,18,19). The summed E-state index contributed by atoms with van der Waals surface area (Å²) in [4.78, 5) is 25.1. The van der Waals surface area contributed by atoms with Crippen LogP contribution in [0.15, 0.2) is 24.3 Å². The average Bonchev–Trinajstić information content (AvgIpc) is 2.27. The summed E-state index contributed by atoms with van der Waals surface area (Å²) < 4.78 is 13.2. The number of carboxylic acid groups (broad SMARTS) is 1. The van der Waals surface area contributed by atoms with Crippen molar-refractivity contribution >= 4 is 17.6 Å². The number of rotatable bonds is 4. The molecule has 1 aromatic carbocycles. The van der Waals surface area contributed by atoms with Gasteiger partial charge in [-0.1, -0.05) is 12.5 Å². The summed E-state index contributed by atoms with van der Waals surface area (Å²) in [7, 11) is 0. The molecule has 4 nitrogen and oxygen atoms in total. The number of anilines is 1. The highest BCUT2D eigenvalue weighted by Gasteiger charge is 2.53. The van der Waals surface area contributed by atoms with Gasteiger partial charge in [0.2, 0.25) is 5.91 Å². The molecule has 1 aromatic rings. The SMILES string of the molecule is CCN(C(=O)C1(C(=O)O)CCC1)c1cccc(F)c1. The molecule has 19 heavy (non-hydrogen) atoms. The average molecular weight is 265 g/mol. The summed E-state index contributed by atoms with van der Waals surface area (Å²) in [6.45, 7) is 2.06. The maximum absolute atomic E-state index is 13.2. The van der Waals surface area contributed by atoms with Gasteiger partial charge in [0.15, 0.2) is 0 Å². The van der Waals surface area contributed by atoms with Gasteiger partial charge >= 0.3 is 5.97 Å². The van der Waals surface area contributed by atoms with E-state index in [2.05, 4.69) is 0 Å². The number of halogens is 1. The molecule has 0 atom stereocenters. The van der Waals surface area contributed by atoms with E-state index in [4.69, 9.17) is 0 Å². The van der Waals surface area contributed by atoms with Crippen LogP contribution in [0.3, 0.4) is 0 Å². The fourth-order valence-electron chi connectivity index (χ4n) is 2.40. The number of nitrogens with zero attached hydrogens (tertiary/aromatic N) is 1. The predicted octanol–water partition coefficient (Wildman–Crippen LogP) is 2.43. The van der Waals surface area contributed by atoms with Crippen LogP contribution in [0.1, 0.15) is 26.2 Å². The van der Waals surface area contributed by atoms with Crippen molar-refractivity contribution in [2.75, 3.05) is 11.4 Å². The molecule has 0 bridgehead atoms. The second-order valence-electron chi connectivity index (χ2n) is 4.77. The molecule has 0 unspecified atom stereocenters. The summed E-state index contributed by atoms with van der Waals surface area (Å²) >= 11 is 0. The predicted molar refractivity (Wildman–Crippen MR) is 68.3 cm³/mol. The third kappa shape index (κ3) is 2.20. The largest absolute Gasteiger partial charge is 0.480 e. The van der Waals surface area contributed by atoms with Crippen LogP contribution in [0.25, 0.3) is 0 Å². The van der Waals surface area contributed by atoms with E-state index in [9.17, 15) is 19.1 Å². The Hall–Kier alpha value is -1.91. The lowest BCUT2D eigenvalue weighted by molar-refractivity contribution is -0.160. The topological polar surface area (TPSA) is 57.6 Å². The zero-order valence-electron chi connectivity index (χ0n) is 10.7. The molecule has 1 fully saturated rings. The number of hydrogen-bond donors (Lipinski definition) is 1. The molecule has 1 N–H and O–H groups in total. The number of benzene rings is 1. The first-order valence-corrected chi connectivity index (χ1v) is 6.32. The minimum Gasteiger partial charge on any atom is -0.480 e. The Balaban J connectivity index is 2.32. The highest BCUT2D eigenvalue weighted by atomic mass is 19.1. The Morgan fingerprint density at radius 2 is 2.11 bits per heavy atom. The van der Waals surface area contributed by atoms with Crippen molar-refractivity contribution in [3.63, 3.8) is 0 Å².